The summed E-state index contributed by atoms with van der Waals surface area (Å²) in [5.74, 6) is 0.464. The van der Waals surface area contributed by atoms with E-state index in [1.54, 1.807) is 0 Å². The first kappa shape index (κ1) is 15.5. The molecule has 1 aliphatic rings. The summed E-state index contributed by atoms with van der Waals surface area (Å²) in [6.45, 7) is 12.1. The van der Waals surface area contributed by atoms with Crippen LogP contribution in [0.2, 0.25) is 0 Å². The second-order valence-electron chi connectivity index (χ2n) is 6.99. The molecular formula is C17H28N2O. The maximum Gasteiger partial charge on any atom is 0.0681 e. The number of hydrogen-bond donors (Lipinski definition) is 1. The van der Waals surface area contributed by atoms with Crippen LogP contribution >= 0.6 is 0 Å². The van der Waals surface area contributed by atoms with E-state index in [2.05, 4.69) is 57.1 Å². The topological polar surface area (TPSA) is 34.2 Å². The predicted octanol–water partition coefficient (Wildman–Crippen LogP) is 3.72. The highest BCUT2D eigenvalue weighted by Crippen LogP contribution is 2.47. The van der Waals surface area contributed by atoms with Crippen molar-refractivity contribution in [3.63, 3.8) is 0 Å². The lowest BCUT2D eigenvalue weighted by molar-refractivity contribution is -0.0778. The van der Waals surface area contributed by atoms with E-state index in [1.807, 2.05) is 12.4 Å². The zero-order chi connectivity index (χ0) is 14.8. The zero-order valence-electron chi connectivity index (χ0n) is 13.4. The van der Waals surface area contributed by atoms with E-state index in [4.69, 9.17) is 4.74 Å². The van der Waals surface area contributed by atoms with Crippen LogP contribution in [0.15, 0.2) is 24.5 Å². The van der Waals surface area contributed by atoms with Crippen molar-refractivity contribution in [3.05, 3.63) is 30.1 Å². The first-order valence-corrected chi connectivity index (χ1v) is 7.69. The van der Waals surface area contributed by atoms with Crippen LogP contribution in [0.25, 0.3) is 0 Å². The third kappa shape index (κ3) is 3.39. The Kier molecular flexibility index (Phi) is 4.50. The molecule has 1 fully saturated rings. The average Bonchev–Trinajstić information content (AvgIpc) is 2.59. The molecular weight excluding hydrogens is 248 g/mol. The monoisotopic (exact) mass is 276 g/mol. The molecule has 2 unspecified atom stereocenters. The molecule has 0 aromatic carbocycles. The SMILES string of the molecule is CCCNC(c1ccncc1)C1CC(C)(C)OC1(C)C. The van der Waals surface area contributed by atoms with Gasteiger partial charge in [0.05, 0.1) is 11.2 Å². The van der Waals surface area contributed by atoms with Gasteiger partial charge in [0, 0.05) is 24.4 Å². The van der Waals surface area contributed by atoms with E-state index in [0.717, 1.165) is 19.4 Å². The Bertz CT molecular complexity index is 428. The van der Waals surface area contributed by atoms with Gasteiger partial charge >= 0.3 is 0 Å². The molecule has 1 aromatic heterocycles. The molecule has 0 spiro atoms. The Morgan fingerprint density at radius 3 is 2.45 bits per heavy atom. The third-order valence-electron chi connectivity index (χ3n) is 4.23. The smallest absolute Gasteiger partial charge is 0.0681 e. The molecule has 1 saturated heterocycles. The summed E-state index contributed by atoms with van der Waals surface area (Å²) in [4.78, 5) is 4.14. The van der Waals surface area contributed by atoms with Gasteiger partial charge in [-0.2, -0.15) is 0 Å². The summed E-state index contributed by atoms with van der Waals surface area (Å²) in [6, 6.07) is 4.57. The predicted molar refractivity (Wildman–Crippen MR) is 82.6 cm³/mol. The molecule has 20 heavy (non-hydrogen) atoms. The van der Waals surface area contributed by atoms with Crippen molar-refractivity contribution < 1.29 is 4.74 Å². The molecule has 0 aliphatic carbocycles. The fourth-order valence-electron chi connectivity index (χ4n) is 3.49. The van der Waals surface area contributed by atoms with E-state index in [0.29, 0.717) is 12.0 Å². The van der Waals surface area contributed by atoms with Gasteiger partial charge in [-0.15, -0.1) is 0 Å². The Hall–Kier alpha value is -0.930. The number of nitrogens with zero attached hydrogens (tertiary/aromatic N) is 1. The standard InChI is InChI=1S/C17H28N2O/c1-6-9-19-15(13-7-10-18-11-8-13)14-12-16(2,3)20-17(14,4)5/h7-8,10-11,14-15,19H,6,9,12H2,1-5H3. The minimum atomic E-state index is -0.113. The van der Waals surface area contributed by atoms with Crippen molar-refractivity contribution in [1.29, 1.82) is 0 Å². The molecule has 2 atom stereocenters. The van der Waals surface area contributed by atoms with Crippen molar-refractivity contribution in [3.8, 4) is 0 Å². The van der Waals surface area contributed by atoms with Crippen molar-refractivity contribution >= 4 is 0 Å². The molecule has 3 heteroatoms. The first-order chi connectivity index (χ1) is 9.36. The summed E-state index contributed by atoms with van der Waals surface area (Å²) in [5.41, 5.74) is 1.15. The van der Waals surface area contributed by atoms with Gasteiger partial charge in [-0.3, -0.25) is 4.98 Å². The molecule has 1 aromatic rings. The van der Waals surface area contributed by atoms with E-state index in [1.165, 1.54) is 5.56 Å². The van der Waals surface area contributed by atoms with Gasteiger partial charge in [-0.25, -0.2) is 0 Å². The van der Waals surface area contributed by atoms with Gasteiger partial charge in [0.25, 0.3) is 0 Å². The number of nitrogens with one attached hydrogen (secondary N) is 1. The highest BCUT2D eigenvalue weighted by Gasteiger charge is 2.49. The highest BCUT2D eigenvalue weighted by molar-refractivity contribution is 5.19. The highest BCUT2D eigenvalue weighted by atomic mass is 16.5. The van der Waals surface area contributed by atoms with Crippen molar-refractivity contribution in [2.75, 3.05) is 6.54 Å². The van der Waals surface area contributed by atoms with E-state index >= 15 is 0 Å². The van der Waals surface area contributed by atoms with Crippen LogP contribution in [0.3, 0.4) is 0 Å². The summed E-state index contributed by atoms with van der Waals surface area (Å²) in [5, 5.41) is 3.71. The molecule has 112 valence electrons. The Morgan fingerprint density at radius 2 is 1.95 bits per heavy atom. The van der Waals surface area contributed by atoms with Crippen LogP contribution in [0.1, 0.15) is 59.1 Å². The van der Waals surface area contributed by atoms with Crippen molar-refractivity contribution in [1.82, 2.24) is 10.3 Å². The molecule has 2 heterocycles. The minimum absolute atomic E-state index is 0.0483. The Morgan fingerprint density at radius 1 is 1.30 bits per heavy atom. The normalized spacial score (nSPS) is 25.6. The summed E-state index contributed by atoms with van der Waals surface area (Å²) < 4.78 is 6.28. The van der Waals surface area contributed by atoms with Crippen LogP contribution in [0, 0.1) is 5.92 Å². The van der Waals surface area contributed by atoms with Crippen LogP contribution in [0.4, 0.5) is 0 Å². The molecule has 1 aliphatic heterocycles. The maximum absolute atomic E-state index is 6.28. The molecule has 0 radical (unpaired) electrons. The van der Waals surface area contributed by atoms with Gasteiger partial charge in [0.1, 0.15) is 0 Å². The number of hydrogen-bond acceptors (Lipinski definition) is 3. The van der Waals surface area contributed by atoms with Crippen LogP contribution in [-0.2, 0) is 4.74 Å². The lowest BCUT2D eigenvalue weighted by Gasteiger charge is -2.34. The van der Waals surface area contributed by atoms with Gasteiger partial charge in [-0.1, -0.05) is 6.92 Å². The largest absolute Gasteiger partial charge is 0.369 e. The number of rotatable bonds is 5. The zero-order valence-corrected chi connectivity index (χ0v) is 13.4. The van der Waals surface area contributed by atoms with Gasteiger partial charge in [0.15, 0.2) is 0 Å². The molecule has 0 amide bonds. The van der Waals surface area contributed by atoms with Crippen LogP contribution < -0.4 is 5.32 Å². The lowest BCUT2D eigenvalue weighted by atomic mass is 9.79. The summed E-state index contributed by atoms with van der Waals surface area (Å²) in [7, 11) is 0. The summed E-state index contributed by atoms with van der Waals surface area (Å²) >= 11 is 0. The van der Waals surface area contributed by atoms with Gasteiger partial charge < -0.3 is 10.1 Å². The third-order valence-corrected chi connectivity index (χ3v) is 4.23. The molecule has 0 saturated carbocycles. The second kappa shape index (κ2) is 5.82. The molecule has 0 bridgehead atoms. The van der Waals surface area contributed by atoms with Crippen LogP contribution in [-0.4, -0.2) is 22.7 Å². The second-order valence-corrected chi connectivity index (χ2v) is 6.99. The first-order valence-electron chi connectivity index (χ1n) is 7.69. The number of aromatic nitrogens is 1. The van der Waals surface area contributed by atoms with Gasteiger partial charge in [0.2, 0.25) is 0 Å². The number of pyridine rings is 1. The van der Waals surface area contributed by atoms with E-state index in [9.17, 15) is 0 Å². The maximum atomic E-state index is 6.28. The minimum Gasteiger partial charge on any atom is -0.369 e. The number of ether oxygens (including phenoxy) is 1. The lowest BCUT2D eigenvalue weighted by Crippen LogP contribution is -2.38. The molecule has 2 rings (SSSR count). The molecule has 3 nitrogen and oxygen atoms in total. The molecule has 1 N–H and O–H groups in total. The van der Waals surface area contributed by atoms with Crippen molar-refractivity contribution in [2.45, 2.75) is 64.7 Å². The Labute approximate surface area is 123 Å². The fourth-order valence-corrected chi connectivity index (χ4v) is 3.49. The van der Waals surface area contributed by atoms with Gasteiger partial charge in [-0.05, 0) is 64.8 Å². The quantitative estimate of drug-likeness (QED) is 0.890. The van der Waals surface area contributed by atoms with Crippen LogP contribution in [0.5, 0.6) is 0 Å². The van der Waals surface area contributed by atoms with E-state index < -0.39 is 0 Å². The Balaban J connectivity index is 2.27. The summed E-state index contributed by atoms with van der Waals surface area (Å²) in [6.07, 6.45) is 5.97. The average molecular weight is 276 g/mol. The van der Waals surface area contributed by atoms with E-state index in [-0.39, 0.29) is 11.2 Å². The van der Waals surface area contributed by atoms with Crippen molar-refractivity contribution in [2.24, 2.45) is 5.92 Å². The fraction of sp³-hybridized carbons (Fsp3) is 0.706.